The van der Waals surface area contributed by atoms with E-state index in [1.807, 2.05) is 18.0 Å². The Balaban J connectivity index is 1.93. The Morgan fingerprint density at radius 3 is 2.90 bits per heavy atom. The van der Waals surface area contributed by atoms with E-state index in [-0.39, 0.29) is 5.91 Å². The van der Waals surface area contributed by atoms with Crippen molar-refractivity contribution in [1.82, 2.24) is 15.2 Å². The molecule has 1 aliphatic heterocycles. The van der Waals surface area contributed by atoms with Crippen LogP contribution in [0.5, 0.6) is 0 Å². The highest BCUT2D eigenvalue weighted by atomic mass is 16.2. The molecule has 1 aliphatic rings. The molecule has 1 amide bonds. The lowest BCUT2D eigenvalue weighted by Gasteiger charge is -2.22. The maximum Gasteiger partial charge on any atom is 0.223 e. The zero-order valence-corrected chi connectivity index (χ0v) is 12.4. The molecular formula is C15H21N5O. The fourth-order valence-electron chi connectivity index (χ4n) is 2.43. The Bertz CT molecular complexity index is 508. The molecule has 1 saturated heterocycles. The Labute approximate surface area is 125 Å². The molecule has 2 rings (SSSR count). The number of hydrogen-bond donors (Lipinski definition) is 1. The largest absolute Gasteiger partial charge is 0.355 e. The van der Waals surface area contributed by atoms with E-state index in [4.69, 9.17) is 5.26 Å². The molecule has 0 unspecified atom stereocenters. The number of carbonyl (C=O) groups is 1. The summed E-state index contributed by atoms with van der Waals surface area (Å²) in [7, 11) is 1.86. The van der Waals surface area contributed by atoms with Crippen molar-refractivity contribution >= 4 is 11.7 Å². The van der Waals surface area contributed by atoms with Gasteiger partial charge in [-0.05, 0) is 25.6 Å². The molecule has 0 bridgehead atoms. The summed E-state index contributed by atoms with van der Waals surface area (Å²) >= 11 is 0. The van der Waals surface area contributed by atoms with Crippen LogP contribution in [0.25, 0.3) is 0 Å². The predicted octanol–water partition coefficient (Wildman–Crippen LogP) is 0.601. The Kier molecular flexibility index (Phi) is 5.52. The maximum atomic E-state index is 12.1. The van der Waals surface area contributed by atoms with Crippen LogP contribution in [0.1, 0.15) is 18.4 Å². The second-order valence-electron chi connectivity index (χ2n) is 5.09. The van der Waals surface area contributed by atoms with Gasteiger partial charge in [-0.15, -0.1) is 0 Å². The SMILES string of the molecule is CNCCC(=O)N1CCCN(c2ccc(C#N)cn2)CC1. The quantitative estimate of drug-likeness (QED) is 0.878. The van der Waals surface area contributed by atoms with E-state index in [1.54, 1.807) is 12.3 Å². The molecule has 6 nitrogen and oxygen atoms in total. The van der Waals surface area contributed by atoms with Gasteiger partial charge in [-0.25, -0.2) is 4.98 Å². The Hall–Kier alpha value is -2.13. The van der Waals surface area contributed by atoms with E-state index in [1.165, 1.54) is 0 Å². The average Bonchev–Trinajstić information content (AvgIpc) is 2.79. The van der Waals surface area contributed by atoms with Crippen LogP contribution in [-0.2, 0) is 4.79 Å². The molecule has 6 heteroatoms. The minimum Gasteiger partial charge on any atom is -0.355 e. The van der Waals surface area contributed by atoms with Gasteiger partial charge in [0.15, 0.2) is 0 Å². The fourth-order valence-corrected chi connectivity index (χ4v) is 2.43. The normalized spacial score (nSPS) is 15.4. The molecule has 2 heterocycles. The van der Waals surface area contributed by atoms with Gasteiger partial charge in [-0.1, -0.05) is 0 Å². The monoisotopic (exact) mass is 287 g/mol. The van der Waals surface area contributed by atoms with Gasteiger partial charge >= 0.3 is 0 Å². The third-order valence-corrected chi connectivity index (χ3v) is 3.64. The van der Waals surface area contributed by atoms with Crippen LogP contribution in [0, 0.1) is 11.3 Å². The highest BCUT2D eigenvalue weighted by Crippen LogP contribution is 2.14. The van der Waals surface area contributed by atoms with Crippen molar-refractivity contribution in [3.05, 3.63) is 23.9 Å². The zero-order valence-electron chi connectivity index (χ0n) is 12.4. The summed E-state index contributed by atoms with van der Waals surface area (Å²) in [4.78, 5) is 20.5. The van der Waals surface area contributed by atoms with E-state index in [0.29, 0.717) is 12.0 Å². The first-order valence-electron chi connectivity index (χ1n) is 7.28. The van der Waals surface area contributed by atoms with E-state index < -0.39 is 0 Å². The molecule has 0 spiro atoms. The van der Waals surface area contributed by atoms with Crippen molar-refractivity contribution in [2.75, 3.05) is 44.7 Å². The van der Waals surface area contributed by atoms with E-state index in [0.717, 1.165) is 45.0 Å². The minimum atomic E-state index is 0.207. The topological polar surface area (TPSA) is 72.3 Å². The zero-order chi connectivity index (χ0) is 15.1. The summed E-state index contributed by atoms with van der Waals surface area (Å²) < 4.78 is 0. The van der Waals surface area contributed by atoms with Crippen LogP contribution in [-0.4, -0.2) is 55.6 Å². The number of amides is 1. The van der Waals surface area contributed by atoms with Crippen molar-refractivity contribution in [2.24, 2.45) is 0 Å². The van der Waals surface area contributed by atoms with Crippen LogP contribution in [0.3, 0.4) is 0 Å². The van der Waals surface area contributed by atoms with Crippen LogP contribution >= 0.6 is 0 Å². The van der Waals surface area contributed by atoms with Gasteiger partial charge < -0.3 is 15.1 Å². The number of rotatable bonds is 4. The molecule has 1 fully saturated rings. The first kappa shape index (κ1) is 15.3. The van der Waals surface area contributed by atoms with Crippen molar-refractivity contribution < 1.29 is 4.79 Å². The molecule has 0 radical (unpaired) electrons. The van der Waals surface area contributed by atoms with Gasteiger partial charge in [0.1, 0.15) is 11.9 Å². The summed E-state index contributed by atoms with van der Waals surface area (Å²) in [5, 5.41) is 11.8. The van der Waals surface area contributed by atoms with E-state index in [2.05, 4.69) is 21.3 Å². The number of carbonyl (C=O) groups excluding carboxylic acids is 1. The van der Waals surface area contributed by atoms with Crippen LogP contribution in [0.15, 0.2) is 18.3 Å². The Morgan fingerprint density at radius 1 is 1.38 bits per heavy atom. The molecular weight excluding hydrogens is 266 g/mol. The highest BCUT2D eigenvalue weighted by molar-refractivity contribution is 5.76. The summed E-state index contributed by atoms with van der Waals surface area (Å²) in [6.45, 7) is 3.91. The smallest absolute Gasteiger partial charge is 0.223 e. The molecule has 0 aromatic carbocycles. The second-order valence-corrected chi connectivity index (χ2v) is 5.09. The van der Waals surface area contributed by atoms with Crippen LogP contribution in [0.2, 0.25) is 0 Å². The van der Waals surface area contributed by atoms with Crippen molar-refractivity contribution in [2.45, 2.75) is 12.8 Å². The standard InChI is InChI=1S/C15H21N5O/c1-17-6-5-15(21)20-8-2-7-19(9-10-20)14-4-3-13(11-16)12-18-14/h3-4,12,17H,2,5-10H2,1H3. The number of hydrogen-bond acceptors (Lipinski definition) is 5. The van der Waals surface area contributed by atoms with Crippen molar-refractivity contribution in [3.63, 3.8) is 0 Å². The van der Waals surface area contributed by atoms with E-state index in [9.17, 15) is 4.79 Å². The highest BCUT2D eigenvalue weighted by Gasteiger charge is 2.19. The summed E-state index contributed by atoms with van der Waals surface area (Å²) in [5.41, 5.74) is 0.567. The first-order valence-corrected chi connectivity index (χ1v) is 7.28. The molecule has 0 saturated carbocycles. The molecule has 1 aromatic rings. The second kappa shape index (κ2) is 7.60. The number of anilines is 1. The van der Waals surface area contributed by atoms with Gasteiger partial charge in [0.2, 0.25) is 5.91 Å². The average molecular weight is 287 g/mol. The van der Waals surface area contributed by atoms with Gasteiger partial charge in [0, 0.05) is 45.3 Å². The molecule has 21 heavy (non-hydrogen) atoms. The van der Waals surface area contributed by atoms with Crippen molar-refractivity contribution in [3.8, 4) is 6.07 Å². The van der Waals surface area contributed by atoms with Gasteiger partial charge in [0.25, 0.3) is 0 Å². The minimum absolute atomic E-state index is 0.207. The molecule has 1 N–H and O–H groups in total. The number of nitriles is 1. The van der Waals surface area contributed by atoms with Crippen LogP contribution < -0.4 is 10.2 Å². The summed E-state index contributed by atoms with van der Waals surface area (Å²) in [6.07, 6.45) is 3.08. The Morgan fingerprint density at radius 2 is 2.24 bits per heavy atom. The maximum absolute atomic E-state index is 12.1. The number of nitrogens with zero attached hydrogens (tertiary/aromatic N) is 4. The molecule has 0 atom stereocenters. The lowest BCUT2D eigenvalue weighted by molar-refractivity contribution is -0.130. The van der Waals surface area contributed by atoms with Crippen molar-refractivity contribution in [1.29, 1.82) is 5.26 Å². The lowest BCUT2D eigenvalue weighted by Crippen LogP contribution is -2.36. The molecule has 1 aromatic heterocycles. The lowest BCUT2D eigenvalue weighted by atomic mass is 10.3. The third kappa shape index (κ3) is 4.17. The van der Waals surface area contributed by atoms with E-state index >= 15 is 0 Å². The van der Waals surface area contributed by atoms with Crippen LogP contribution in [0.4, 0.5) is 5.82 Å². The fraction of sp³-hybridized carbons (Fsp3) is 0.533. The number of nitrogens with one attached hydrogen (secondary N) is 1. The molecule has 0 aliphatic carbocycles. The molecule has 112 valence electrons. The summed E-state index contributed by atoms with van der Waals surface area (Å²) in [6, 6.07) is 5.72. The van der Waals surface area contributed by atoms with Gasteiger partial charge in [0.05, 0.1) is 5.56 Å². The number of pyridine rings is 1. The van der Waals surface area contributed by atoms with Gasteiger partial charge in [-0.2, -0.15) is 5.26 Å². The predicted molar refractivity (Wildman–Crippen MR) is 80.9 cm³/mol. The first-order chi connectivity index (χ1) is 10.2. The van der Waals surface area contributed by atoms with Gasteiger partial charge in [-0.3, -0.25) is 4.79 Å². The third-order valence-electron chi connectivity index (χ3n) is 3.64. The number of aromatic nitrogens is 1. The summed E-state index contributed by atoms with van der Waals surface area (Å²) in [5.74, 6) is 1.08.